The molecule has 2 saturated heterocycles. The van der Waals surface area contributed by atoms with E-state index in [1.165, 1.54) is 4.90 Å². The number of anilines is 2. The molecule has 2 fully saturated rings. The lowest BCUT2D eigenvalue weighted by Gasteiger charge is -2.30. The predicted molar refractivity (Wildman–Crippen MR) is 126 cm³/mol. The first-order chi connectivity index (χ1) is 14.8. The highest BCUT2D eigenvalue weighted by Crippen LogP contribution is 2.26. The van der Waals surface area contributed by atoms with Crippen LogP contribution in [0.15, 0.2) is 42.0 Å². The van der Waals surface area contributed by atoms with Crippen LogP contribution in [0.1, 0.15) is 22.3 Å². The van der Waals surface area contributed by atoms with Crippen LogP contribution in [-0.2, 0) is 14.3 Å². The Morgan fingerprint density at radius 2 is 1.65 bits per heavy atom. The third kappa shape index (κ3) is 4.38. The maximum absolute atomic E-state index is 13.3. The summed E-state index contributed by atoms with van der Waals surface area (Å²) in [5.41, 5.74) is 5.67. The van der Waals surface area contributed by atoms with Crippen LogP contribution < -0.4 is 15.1 Å². The van der Waals surface area contributed by atoms with E-state index in [0.717, 1.165) is 41.0 Å². The van der Waals surface area contributed by atoms with Gasteiger partial charge in [-0.3, -0.25) is 19.8 Å². The van der Waals surface area contributed by atoms with Gasteiger partial charge in [0.2, 0.25) is 0 Å². The summed E-state index contributed by atoms with van der Waals surface area (Å²) < 4.78 is 5.42. The van der Waals surface area contributed by atoms with Gasteiger partial charge in [0.25, 0.3) is 11.8 Å². The summed E-state index contributed by atoms with van der Waals surface area (Å²) in [7, 11) is 0. The minimum Gasteiger partial charge on any atom is -0.378 e. The first-order valence-corrected chi connectivity index (χ1v) is 10.7. The van der Waals surface area contributed by atoms with Crippen LogP contribution in [0.25, 0.3) is 6.08 Å². The minimum absolute atomic E-state index is 0.0648. The number of hydrogen-bond acceptors (Lipinski definition) is 5. The van der Waals surface area contributed by atoms with Crippen LogP contribution >= 0.6 is 12.2 Å². The smallest absolute Gasteiger partial charge is 0.270 e. The Kier molecular flexibility index (Phi) is 5.89. The van der Waals surface area contributed by atoms with Gasteiger partial charge in [0, 0.05) is 18.8 Å². The fraction of sp³-hybridized carbons (Fsp3) is 0.292. The van der Waals surface area contributed by atoms with E-state index >= 15 is 0 Å². The molecule has 160 valence electrons. The molecule has 0 aromatic heterocycles. The van der Waals surface area contributed by atoms with Crippen molar-refractivity contribution in [3.8, 4) is 0 Å². The molecule has 7 heteroatoms. The van der Waals surface area contributed by atoms with E-state index < -0.39 is 11.8 Å². The van der Waals surface area contributed by atoms with Crippen LogP contribution in [0.5, 0.6) is 0 Å². The normalized spacial score (nSPS) is 18.5. The zero-order chi connectivity index (χ0) is 22.1. The number of amides is 2. The number of ether oxygens (including phenoxy) is 1. The average molecular weight is 436 g/mol. The van der Waals surface area contributed by atoms with Gasteiger partial charge < -0.3 is 9.64 Å². The van der Waals surface area contributed by atoms with Gasteiger partial charge in [-0.05, 0) is 85.6 Å². The number of thiocarbonyl (C=S) groups is 1. The molecule has 2 amide bonds. The maximum atomic E-state index is 13.3. The fourth-order valence-electron chi connectivity index (χ4n) is 3.97. The first-order valence-electron chi connectivity index (χ1n) is 10.3. The van der Waals surface area contributed by atoms with Gasteiger partial charge >= 0.3 is 0 Å². The number of carbonyl (C=O) groups is 2. The fourth-order valence-corrected chi connectivity index (χ4v) is 4.25. The van der Waals surface area contributed by atoms with Crippen LogP contribution in [0, 0.1) is 20.8 Å². The monoisotopic (exact) mass is 435 g/mol. The Labute approximate surface area is 187 Å². The van der Waals surface area contributed by atoms with Gasteiger partial charge in [-0.2, -0.15) is 0 Å². The summed E-state index contributed by atoms with van der Waals surface area (Å²) in [5, 5.41) is 2.75. The second-order valence-electron chi connectivity index (χ2n) is 7.94. The molecule has 0 radical (unpaired) electrons. The zero-order valence-electron chi connectivity index (χ0n) is 17.9. The van der Waals surface area contributed by atoms with E-state index in [1.54, 1.807) is 6.08 Å². The number of aryl methyl sites for hydroxylation is 3. The molecule has 6 nitrogen and oxygen atoms in total. The van der Waals surface area contributed by atoms with Crippen LogP contribution in [0.2, 0.25) is 0 Å². The predicted octanol–water partition coefficient (Wildman–Crippen LogP) is 3.28. The van der Waals surface area contributed by atoms with Crippen LogP contribution in [-0.4, -0.2) is 43.2 Å². The van der Waals surface area contributed by atoms with E-state index in [0.29, 0.717) is 18.9 Å². The number of benzene rings is 2. The topological polar surface area (TPSA) is 61.9 Å². The van der Waals surface area contributed by atoms with Gasteiger partial charge in [0.05, 0.1) is 18.9 Å². The molecule has 2 aromatic carbocycles. The molecule has 0 aliphatic carbocycles. The third-order valence-corrected chi connectivity index (χ3v) is 5.78. The van der Waals surface area contributed by atoms with Crippen molar-refractivity contribution in [1.29, 1.82) is 0 Å². The number of hydrogen-bond donors (Lipinski definition) is 1. The molecule has 2 aliphatic rings. The largest absolute Gasteiger partial charge is 0.378 e. The van der Waals surface area contributed by atoms with Crippen molar-refractivity contribution in [3.05, 3.63) is 64.2 Å². The molecule has 31 heavy (non-hydrogen) atoms. The Morgan fingerprint density at radius 1 is 0.968 bits per heavy atom. The maximum Gasteiger partial charge on any atom is 0.270 e. The lowest BCUT2D eigenvalue weighted by atomic mass is 10.0. The number of rotatable bonds is 3. The molecule has 2 heterocycles. The molecule has 0 saturated carbocycles. The Bertz CT molecular complexity index is 1080. The Morgan fingerprint density at radius 3 is 2.29 bits per heavy atom. The molecule has 1 N–H and O–H groups in total. The van der Waals surface area contributed by atoms with Crippen molar-refractivity contribution >= 4 is 46.6 Å². The summed E-state index contributed by atoms with van der Waals surface area (Å²) in [6.07, 6.45) is 1.65. The molecule has 0 bridgehead atoms. The standard InChI is InChI=1S/C24H25N3O3S/c1-15-10-16(2)12-20(11-15)27-23(29)21(22(28)25-24(27)31)14-18-4-5-19(13-17(18)3)26-6-8-30-9-7-26/h4-5,10-14H,6-9H2,1-3H3,(H,25,28,31)/b21-14+. The quantitative estimate of drug-likeness (QED) is 0.456. The second kappa shape index (κ2) is 8.61. The highest BCUT2D eigenvalue weighted by Gasteiger charge is 2.34. The second-order valence-corrected chi connectivity index (χ2v) is 8.33. The summed E-state index contributed by atoms with van der Waals surface area (Å²) >= 11 is 5.31. The minimum atomic E-state index is -0.479. The SMILES string of the molecule is Cc1cc(C)cc(N2C(=O)/C(=C/c3ccc(N4CCOCC4)cc3C)C(=O)NC2=S)c1. The van der Waals surface area contributed by atoms with Crippen LogP contribution in [0.3, 0.4) is 0 Å². The highest BCUT2D eigenvalue weighted by molar-refractivity contribution is 7.80. The van der Waals surface area contributed by atoms with E-state index in [1.807, 2.05) is 51.1 Å². The van der Waals surface area contributed by atoms with Gasteiger partial charge in [-0.15, -0.1) is 0 Å². The van der Waals surface area contributed by atoms with E-state index in [9.17, 15) is 9.59 Å². The molecule has 4 rings (SSSR count). The summed E-state index contributed by atoms with van der Waals surface area (Å²) in [4.78, 5) is 29.6. The molecule has 2 aromatic rings. The lowest BCUT2D eigenvalue weighted by molar-refractivity contribution is -0.122. The summed E-state index contributed by atoms with van der Waals surface area (Å²) in [6.45, 7) is 9.03. The molecule has 0 atom stereocenters. The first kappa shape index (κ1) is 21.2. The van der Waals surface area contributed by atoms with Crippen molar-refractivity contribution in [2.24, 2.45) is 0 Å². The Hall–Kier alpha value is -3.03. The van der Waals surface area contributed by atoms with Gasteiger partial charge in [-0.25, -0.2) is 0 Å². The molecule has 0 spiro atoms. The van der Waals surface area contributed by atoms with Gasteiger partial charge in [0.1, 0.15) is 5.57 Å². The lowest BCUT2D eigenvalue weighted by Crippen LogP contribution is -2.54. The van der Waals surface area contributed by atoms with Crippen molar-refractivity contribution in [2.45, 2.75) is 20.8 Å². The van der Waals surface area contributed by atoms with Crippen molar-refractivity contribution in [3.63, 3.8) is 0 Å². The molecular weight excluding hydrogens is 410 g/mol. The zero-order valence-corrected chi connectivity index (χ0v) is 18.7. The number of nitrogens with zero attached hydrogens (tertiary/aromatic N) is 2. The molecule has 2 aliphatic heterocycles. The van der Waals surface area contributed by atoms with E-state index in [2.05, 4.69) is 16.3 Å². The summed E-state index contributed by atoms with van der Waals surface area (Å²) in [6, 6.07) is 11.8. The Balaban J connectivity index is 1.67. The van der Waals surface area contributed by atoms with Gasteiger partial charge in [-0.1, -0.05) is 12.1 Å². The highest BCUT2D eigenvalue weighted by atomic mass is 32.1. The van der Waals surface area contributed by atoms with E-state index in [4.69, 9.17) is 17.0 Å². The van der Waals surface area contributed by atoms with Crippen LogP contribution in [0.4, 0.5) is 11.4 Å². The summed E-state index contributed by atoms with van der Waals surface area (Å²) in [5.74, 6) is -0.900. The number of carbonyl (C=O) groups excluding carboxylic acids is 2. The average Bonchev–Trinajstić information content (AvgIpc) is 2.72. The molecule has 0 unspecified atom stereocenters. The van der Waals surface area contributed by atoms with Crippen molar-refractivity contribution in [1.82, 2.24) is 5.32 Å². The van der Waals surface area contributed by atoms with Gasteiger partial charge in [0.15, 0.2) is 5.11 Å². The number of morpholine rings is 1. The van der Waals surface area contributed by atoms with E-state index in [-0.39, 0.29) is 10.7 Å². The molecular formula is C24H25N3O3S. The third-order valence-electron chi connectivity index (χ3n) is 5.50. The van der Waals surface area contributed by atoms with Crippen molar-refractivity contribution < 1.29 is 14.3 Å². The number of nitrogens with one attached hydrogen (secondary N) is 1. The van der Waals surface area contributed by atoms with Crippen molar-refractivity contribution in [2.75, 3.05) is 36.1 Å².